The van der Waals surface area contributed by atoms with Crippen LogP contribution >= 0.6 is 11.6 Å². The largest absolute Gasteiger partial charge is 0.417 e. The van der Waals surface area contributed by atoms with Gasteiger partial charge < -0.3 is 9.47 Å². The fourth-order valence-corrected chi connectivity index (χ4v) is 5.94. The van der Waals surface area contributed by atoms with Gasteiger partial charge in [-0.1, -0.05) is 11.6 Å². The van der Waals surface area contributed by atoms with Gasteiger partial charge in [0.2, 0.25) is 0 Å². The lowest BCUT2D eigenvalue weighted by Gasteiger charge is -2.42. The predicted octanol–water partition coefficient (Wildman–Crippen LogP) is 2.46. The molecule has 4 rings (SSSR count). The molecule has 2 aliphatic rings. The summed E-state index contributed by atoms with van der Waals surface area (Å²) in [6.45, 7) is 3.44. The normalized spacial score (nSPS) is 20.1. The van der Waals surface area contributed by atoms with Crippen LogP contribution in [0.2, 0.25) is 5.02 Å². The van der Waals surface area contributed by atoms with E-state index in [0.29, 0.717) is 57.9 Å². The average Bonchev–Trinajstić information content (AvgIpc) is 3.20. The van der Waals surface area contributed by atoms with Crippen LogP contribution in [-0.4, -0.2) is 77.5 Å². The Morgan fingerprint density at radius 3 is 2.25 bits per heavy atom. The Labute approximate surface area is 189 Å². The van der Waals surface area contributed by atoms with E-state index in [2.05, 4.69) is 14.9 Å². The van der Waals surface area contributed by atoms with Gasteiger partial charge in [0.1, 0.15) is 5.82 Å². The molecular formula is C19H24ClF3N6O2S. The average molecular weight is 493 g/mol. The summed E-state index contributed by atoms with van der Waals surface area (Å²) in [5.41, 5.74) is -0.864. The number of hydrogen-bond acceptors (Lipinski definition) is 6. The number of aromatic nitrogens is 3. The third kappa shape index (κ3) is 4.73. The van der Waals surface area contributed by atoms with E-state index in [9.17, 15) is 21.6 Å². The first-order valence-corrected chi connectivity index (χ1v) is 12.1. The van der Waals surface area contributed by atoms with E-state index in [0.717, 1.165) is 12.3 Å². The van der Waals surface area contributed by atoms with Gasteiger partial charge in [0, 0.05) is 64.8 Å². The third-order valence-corrected chi connectivity index (χ3v) is 8.05. The van der Waals surface area contributed by atoms with Crippen LogP contribution in [0.1, 0.15) is 18.4 Å². The minimum absolute atomic E-state index is 0.0127. The Hall–Kier alpha value is -1.89. The number of aryl methyl sites for hydroxylation is 1. The molecule has 0 unspecified atom stereocenters. The van der Waals surface area contributed by atoms with Crippen molar-refractivity contribution in [2.75, 3.05) is 44.2 Å². The number of imidazole rings is 1. The molecule has 0 spiro atoms. The number of alkyl halides is 3. The standard InChI is InChI=1S/C19H24ClF3N6O2S/c1-26-12-17(25-13-26)32(30,31)29-4-2-15(3-5-29)27-6-8-28(9-7-27)18-16(20)10-14(11-24-18)19(21,22)23/h10-13,15H,2-9H2,1H3. The summed E-state index contributed by atoms with van der Waals surface area (Å²) in [7, 11) is -1.86. The second kappa shape index (κ2) is 8.81. The second-order valence-corrected chi connectivity index (χ2v) is 10.4. The maximum Gasteiger partial charge on any atom is 0.417 e. The monoisotopic (exact) mass is 492 g/mol. The number of pyridine rings is 1. The number of piperidine rings is 1. The van der Waals surface area contributed by atoms with Crippen molar-refractivity contribution in [3.05, 3.63) is 35.4 Å². The number of sulfonamides is 1. The van der Waals surface area contributed by atoms with Crippen molar-refractivity contribution in [3.63, 3.8) is 0 Å². The zero-order valence-electron chi connectivity index (χ0n) is 17.5. The van der Waals surface area contributed by atoms with Gasteiger partial charge in [-0.25, -0.2) is 18.4 Å². The van der Waals surface area contributed by atoms with E-state index < -0.39 is 21.8 Å². The summed E-state index contributed by atoms with van der Waals surface area (Å²) in [4.78, 5) is 12.1. The maximum absolute atomic E-state index is 12.8. The first-order chi connectivity index (χ1) is 15.1. The second-order valence-electron chi connectivity index (χ2n) is 8.06. The molecule has 8 nitrogen and oxygen atoms in total. The van der Waals surface area contributed by atoms with Crippen molar-refractivity contribution < 1.29 is 21.6 Å². The van der Waals surface area contributed by atoms with Crippen molar-refractivity contribution in [2.24, 2.45) is 7.05 Å². The lowest BCUT2D eigenvalue weighted by Crippen LogP contribution is -2.54. The number of rotatable bonds is 4. The van der Waals surface area contributed by atoms with E-state index in [1.165, 1.54) is 16.8 Å². The van der Waals surface area contributed by atoms with Crippen molar-refractivity contribution in [3.8, 4) is 0 Å². The summed E-state index contributed by atoms with van der Waals surface area (Å²) in [6.07, 6.45) is 0.729. The van der Waals surface area contributed by atoms with Crippen LogP contribution in [-0.2, 0) is 23.2 Å². The molecule has 2 aromatic rings. The van der Waals surface area contributed by atoms with E-state index >= 15 is 0 Å². The van der Waals surface area contributed by atoms with E-state index in [1.54, 1.807) is 11.6 Å². The first kappa shape index (κ1) is 23.3. The highest BCUT2D eigenvalue weighted by Gasteiger charge is 2.35. The smallest absolute Gasteiger partial charge is 0.353 e. The van der Waals surface area contributed by atoms with Gasteiger partial charge in [-0.05, 0) is 18.9 Å². The topological polar surface area (TPSA) is 74.6 Å². The minimum atomic E-state index is -4.48. The van der Waals surface area contributed by atoms with Crippen molar-refractivity contribution >= 4 is 27.4 Å². The van der Waals surface area contributed by atoms with Crippen molar-refractivity contribution in [1.82, 2.24) is 23.7 Å². The van der Waals surface area contributed by atoms with Gasteiger partial charge in [-0.2, -0.15) is 17.5 Å². The Morgan fingerprint density at radius 2 is 1.72 bits per heavy atom. The van der Waals surface area contributed by atoms with Crippen LogP contribution in [0.25, 0.3) is 0 Å². The minimum Gasteiger partial charge on any atom is -0.353 e. The zero-order valence-corrected chi connectivity index (χ0v) is 19.0. The fraction of sp³-hybridized carbons (Fsp3) is 0.579. The molecule has 32 heavy (non-hydrogen) atoms. The lowest BCUT2D eigenvalue weighted by molar-refractivity contribution is -0.137. The highest BCUT2D eigenvalue weighted by Crippen LogP contribution is 2.34. The van der Waals surface area contributed by atoms with E-state index in [4.69, 9.17) is 11.6 Å². The highest BCUT2D eigenvalue weighted by molar-refractivity contribution is 7.89. The highest BCUT2D eigenvalue weighted by atomic mass is 35.5. The predicted molar refractivity (Wildman–Crippen MR) is 113 cm³/mol. The Bertz CT molecular complexity index is 1060. The van der Waals surface area contributed by atoms with Gasteiger partial charge in [0.15, 0.2) is 5.03 Å². The molecule has 0 N–H and O–H groups in total. The number of halogens is 4. The van der Waals surface area contributed by atoms with Gasteiger partial charge in [0.05, 0.1) is 16.9 Å². The summed E-state index contributed by atoms with van der Waals surface area (Å²) in [6, 6.07) is 1.16. The Balaban J connectivity index is 1.32. The molecule has 2 saturated heterocycles. The summed E-state index contributed by atoms with van der Waals surface area (Å²) >= 11 is 6.08. The molecule has 0 saturated carbocycles. The van der Waals surface area contributed by atoms with E-state index in [1.807, 2.05) is 4.90 Å². The molecule has 0 atom stereocenters. The molecule has 0 bridgehead atoms. The SMILES string of the molecule is Cn1cnc(S(=O)(=O)N2CCC(N3CCN(c4ncc(C(F)(F)F)cc4Cl)CC3)CC2)c1. The molecular weight excluding hydrogens is 469 g/mol. The number of anilines is 1. The Kier molecular flexibility index (Phi) is 6.40. The van der Waals surface area contributed by atoms with Crippen molar-refractivity contribution in [2.45, 2.75) is 30.1 Å². The van der Waals surface area contributed by atoms with Crippen LogP contribution in [0.15, 0.2) is 29.8 Å². The quantitative estimate of drug-likeness (QED) is 0.653. The molecule has 2 fully saturated rings. The fourth-order valence-electron chi connectivity index (χ4n) is 4.22. The number of piperazine rings is 1. The summed E-state index contributed by atoms with van der Waals surface area (Å²) < 4.78 is 67.1. The van der Waals surface area contributed by atoms with Gasteiger partial charge in [-0.15, -0.1) is 0 Å². The molecule has 0 aromatic carbocycles. The molecule has 0 amide bonds. The first-order valence-electron chi connectivity index (χ1n) is 10.3. The van der Waals surface area contributed by atoms with Gasteiger partial charge >= 0.3 is 6.18 Å². The molecule has 0 aliphatic carbocycles. The lowest BCUT2D eigenvalue weighted by atomic mass is 10.0. The Morgan fingerprint density at radius 1 is 1.06 bits per heavy atom. The summed E-state index contributed by atoms with van der Waals surface area (Å²) in [5, 5.41) is 0.0503. The number of hydrogen-bond donors (Lipinski definition) is 0. The molecule has 0 radical (unpaired) electrons. The summed E-state index contributed by atoms with van der Waals surface area (Å²) in [5.74, 6) is 0.357. The van der Waals surface area contributed by atoms with Crippen molar-refractivity contribution in [1.29, 1.82) is 0 Å². The van der Waals surface area contributed by atoms with Crippen LogP contribution < -0.4 is 4.90 Å². The van der Waals surface area contributed by atoms with Crippen LogP contribution in [0.3, 0.4) is 0 Å². The zero-order chi connectivity index (χ0) is 23.1. The van der Waals surface area contributed by atoms with E-state index in [-0.39, 0.29) is 16.1 Å². The number of nitrogens with zero attached hydrogens (tertiary/aromatic N) is 6. The van der Waals surface area contributed by atoms with Gasteiger partial charge in [0.25, 0.3) is 10.0 Å². The molecule has 2 aromatic heterocycles. The molecule has 4 heterocycles. The molecule has 2 aliphatic heterocycles. The van der Waals surface area contributed by atoms with Gasteiger partial charge in [-0.3, -0.25) is 4.90 Å². The third-order valence-electron chi connectivity index (χ3n) is 5.99. The van der Waals surface area contributed by atoms with Crippen LogP contribution in [0, 0.1) is 0 Å². The maximum atomic E-state index is 12.8. The van der Waals surface area contributed by atoms with Crippen LogP contribution in [0.4, 0.5) is 19.0 Å². The van der Waals surface area contributed by atoms with Crippen LogP contribution in [0.5, 0.6) is 0 Å². The molecule has 13 heteroatoms. The molecule has 176 valence electrons.